The van der Waals surface area contributed by atoms with Gasteiger partial charge in [0.1, 0.15) is 7.85 Å². The van der Waals surface area contributed by atoms with Crippen LogP contribution in [-0.4, -0.2) is 71.4 Å². The fourth-order valence-corrected chi connectivity index (χ4v) is 4.75. The third kappa shape index (κ3) is 3.90. The Morgan fingerprint density at radius 3 is 2.57 bits per heavy atom. The summed E-state index contributed by atoms with van der Waals surface area (Å²) in [5, 5.41) is 0. The van der Waals surface area contributed by atoms with Crippen molar-refractivity contribution in [1.82, 2.24) is 9.80 Å². The predicted octanol–water partition coefficient (Wildman–Crippen LogP) is 1.23. The number of hydrogen-bond donors (Lipinski definition) is 0. The average molecular weight is 336 g/mol. The van der Waals surface area contributed by atoms with E-state index in [-0.39, 0.29) is 6.10 Å². The summed E-state index contributed by atoms with van der Waals surface area (Å²) in [7, 11) is 6.30. The van der Waals surface area contributed by atoms with Gasteiger partial charge in [-0.05, 0) is 52.3 Å². The number of likely N-dealkylation sites (N-methyl/N-ethyl adjacent to an activating group) is 1. The minimum atomic E-state index is -3.60. The molecule has 7 heteroatoms. The molecular formula is C16H25BN2O3S. The van der Waals surface area contributed by atoms with Crippen molar-refractivity contribution in [3.63, 3.8) is 0 Å². The quantitative estimate of drug-likeness (QED) is 0.558. The number of rotatable bonds is 5. The predicted molar refractivity (Wildman–Crippen MR) is 91.6 cm³/mol. The highest BCUT2D eigenvalue weighted by molar-refractivity contribution is 7.90. The summed E-state index contributed by atoms with van der Waals surface area (Å²) in [5.41, 5.74) is 0.720. The largest absolute Gasteiger partial charge is 0.305 e. The van der Waals surface area contributed by atoms with Gasteiger partial charge in [-0.15, -0.1) is 5.47 Å². The van der Waals surface area contributed by atoms with Crippen LogP contribution in [0, 0.1) is 0 Å². The molecule has 1 atom stereocenters. The molecule has 126 valence electrons. The van der Waals surface area contributed by atoms with Crippen molar-refractivity contribution < 1.29 is 12.6 Å². The van der Waals surface area contributed by atoms with Crippen LogP contribution >= 0.6 is 0 Å². The minimum absolute atomic E-state index is 0.174. The van der Waals surface area contributed by atoms with Crippen LogP contribution in [0.3, 0.4) is 0 Å². The minimum Gasteiger partial charge on any atom is -0.305 e. The average Bonchev–Trinajstić information content (AvgIpc) is 2.92. The summed E-state index contributed by atoms with van der Waals surface area (Å²) in [6, 6.07) is 1.08. The molecule has 1 saturated carbocycles. The molecule has 3 rings (SSSR count). The summed E-state index contributed by atoms with van der Waals surface area (Å²) < 4.78 is 30.0. The van der Waals surface area contributed by atoms with Crippen molar-refractivity contribution in [2.75, 3.05) is 27.2 Å². The Morgan fingerprint density at radius 1 is 1.26 bits per heavy atom. The number of likely N-dealkylation sites (tertiary alicyclic amines) is 1. The van der Waals surface area contributed by atoms with Gasteiger partial charge in [0.2, 0.25) is 0 Å². The van der Waals surface area contributed by atoms with E-state index in [2.05, 4.69) is 23.9 Å². The fourth-order valence-electron chi connectivity index (χ4n) is 3.52. The molecule has 0 N–H and O–H groups in total. The Bertz CT molecular complexity index is 609. The number of hydrogen-bond acceptors (Lipinski definition) is 5. The van der Waals surface area contributed by atoms with E-state index in [4.69, 9.17) is 12.0 Å². The second-order valence-electron chi connectivity index (χ2n) is 7.07. The number of nitrogens with zero attached hydrogens (tertiary/aromatic N) is 2. The van der Waals surface area contributed by atoms with Crippen LogP contribution in [-0.2, 0) is 14.3 Å². The summed E-state index contributed by atoms with van der Waals surface area (Å²) in [6.45, 7) is 2.18. The molecule has 1 unspecified atom stereocenters. The van der Waals surface area contributed by atoms with Gasteiger partial charge in [-0.3, -0.25) is 9.08 Å². The molecule has 2 radical (unpaired) electrons. The Balaban J connectivity index is 1.49. The first kappa shape index (κ1) is 17.2. The van der Waals surface area contributed by atoms with Gasteiger partial charge in [0.25, 0.3) is 10.1 Å². The second-order valence-corrected chi connectivity index (χ2v) is 8.70. The molecule has 0 amide bonds. The lowest BCUT2D eigenvalue weighted by Crippen LogP contribution is -2.48. The third-order valence-electron chi connectivity index (χ3n) is 5.24. The normalized spacial score (nSPS) is 32.6. The van der Waals surface area contributed by atoms with Gasteiger partial charge in [-0.1, -0.05) is 6.08 Å². The lowest BCUT2D eigenvalue weighted by Gasteiger charge is -2.40. The topological polar surface area (TPSA) is 49.9 Å². The lowest BCUT2D eigenvalue weighted by atomic mass is 9.88. The van der Waals surface area contributed by atoms with Gasteiger partial charge in [0, 0.05) is 25.2 Å². The van der Waals surface area contributed by atoms with Crippen LogP contribution in [0.4, 0.5) is 0 Å². The van der Waals surface area contributed by atoms with Gasteiger partial charge in [0.15, 0.2) is 0 Å². The monoisotopic (exact) mass is 336 g/mol. The van der Waals surface area contributed by atoms with E-state index in [1.807, 2.05) is 0 Å². The Hall–Kier alpha value is -0.625. The molecule has 3 aliphatic rings. The molecule has 23 heavy (non-hydrogen) atoms. The van der Waals surface area contributed by atoms with Crippen molar-refractivity contribution in [2.45, 2.75) is 50.3 Å². The van der Waals surface area contributed by atoms with E-state index >= 15 is 0 Å². The van der Waals surface area contributed by atoms with Crippen molar-refractivity contribution in [1.29, 1.82) is 0 Å². The molecule has 0 bridgehead atoms. The molecule has 2 fully saturated rings. The van der Waals surface area contributed by atoms with Crippen LogP contribution in [0.1, 0.15) is 32.1 Å². The Labute approximate surface area is 140 Å². The first-order valence-corrected chi connectivity index (χ1v) is 9.75. The van der Waals surface area contributed by atoms with Crippen molar-refractivity contribution in [3.05, 3.63) is 22.5 Å². The first-order chi connectivity index (χ1) is 10.8. The summed E-state index contributed by atoms with van der Waals surface area (Å²) >= 11 is 0. The highest BCUT2D eigenvalue weighted by Crippen LogP contribution is 2.34. The van der Waals surface area contributed by atoms with Crippen LogP contribution in [0.5, 0.6) is 0 Å². The summed E-state index contributed by atoms with van der Waals surface area (Å²) in [6.07, 6.45) is 6.90. The zero-order valence-corrected chi connectivity index (χ0v) is 14.8. The number of allylic oxidation sites excluding steroid dienone is 4. The van der Waals surface area contributed by atoms with Crippen LogP contribution in [0.15, 0.2) is 22.5 Å². The van der Waals surface area contributed by atoms with E-state index in [1.165, 1.54) is 6.42 Å². The van der Waals surface area contributed by atoms with E-state index in [1.54, 1.807) is 12.2 Å². The highest BCUT2D eigenvalue weighted by Gasteiger charge is 2.40. The van der Waals surface area contributed by atoms with Gasteiger partial charge in [0.05, 0.1) is 11.0 Å². The SMILES string of the molecule is [B]C1=CC=C(S(=O)(=O)OC2CC(N3CCC(N(C)C)C3)C2)CC1. The van der Waals surface area contributed by atoms with E-state index in [0.29, 0.717) is 29.8 Å². The molecule has 0 aromatic heterocycles. The standard InChI is InChI=1S/C16H25BN2O3S/c1-18(2)13-7-8-19(11-13)14-9-15(10-14)22-23(20,21)16-5-3-12(17)4-6-16/h3,5,13-15H,4,6-11H2,1-2H3. The molecule has 5 nitrogen and oxygen atoms in total. The molecule has 1 heterocycles. The molecule has 2 aliphatic carbocycles. The maximum absolute atomic E-state index is 12.3. The first-order valence-electron chi connectivity index (χ1n) is 8.34. The third-order valence-corrected chi connectivity index (χ3v) is 6.75. The van der Waals surface area contributed by atoms with Gasteiger partial charge >= 0.3 is 0 Å². The molecule has 1 aliphatic heterocycles. The van der Waals surface area contributed by atoms with Crippen LogP contribution in [0.25, 0.3) is 0 Å². The smallest absolute Gasteiger partial charge is 0.293 e. The molecule has 0 spiro atoms. The van der Waals surface area contributed by atoms with E-state index < -0.39 is 10.1 Å². The van der Waals surface area contributed by atoms with Crippen molar-refractivity contribution in [2.24, 2.45) is 0 Å². The van der Waals surface area contributed by atoms with E-state index in [9.17, 15) is 8.42 Å². The van der Waals surface area contributed by atoms with Gasteiger partial charge in [-0.2, -0.15) is 8.42 Å². The van der Waals surface area contributed by atoms with Gasteiger partial charge in [-0.25, -0.2) is 0 Å². The molecule has 0 aromatic rings. The lowest BCUT2D eigenvalue weighted by molar-refractivity contribution is 0.0305. The second kappa shape index (κ2) is 6.71. The maximum atomic E-state index is 12.3. The maximum Gasteiger partial charge on any atom is 0.293 e. The Kier molecular flexibility index (Phi) is 5.02. The zero-order chi connectivity index (χ0) is 16.6. The molecule has 0 aromatic carbocycles. The molecule has 1 saturated heterocycles. The summed E-state index contributed by atoms with van der Waals surface area (Å²) in [5.74, 6) is 0. The molecular weight excluding hydrogens is 311 g/mol. The summed E-state index contributed by atoms with van der Waals surface area (Å²) in [4.78, 5) is 5.09. The van der Waals surface area contributed by atoms with Crippen molar-refractivity contribution in [3.8, 4) is 0 Å². The van der Waals surface area contributed by atoms with Crippen molar-refractivity contribution >= 4 is 18.0 Å². The zero-order valence-electron chi connectivity index (χ0n) is 13.9. The fraction of sp³-hybridized carbons (Fsp3) is 0.750. The van der Waals surface area contributed by atoms with Crippen LogP contribution < -0.4 is 0 Å². The highest BCUT2D eigenvalue weighted by atomic mass is 32.2. The Morgan fingerprint density at radius 2 is 2.00 bits per heavy atom. The van der Waals surface area contributed by atoms with Gasteiger partial charge < -0.3 is 4.90 Å². The van der Waals surface area contributed by atoms with E-state index in [0.717, 1.165) is 31.4 Å². The van der Waals surface area contributed by atoms with Crippen LogP contribution in [0.2, 0.25) is 0 Å².